The van der Waals surface area contributed by atoms with Crippen LogP contribution in [0.3, 0.4) is 0 Å². The Hall–Kier alpha value is -2.65. The van der Waals surface area contributed by atoms with Crippen molar-refractivity contribution in [2.24, 2.45) is 5.73 Å². The zero-order valence-corrected chi connectivity index (χ0v) is 13.8. The Morgan fingerprint density at radius 3 is 2.72 bits per heavy atom. The van der Waals surface area contributed by atoms with Crippen LogP contribution in [0.5, 0.6) is 0 Å². The number of nitro benzene ring substituents is 1. The summed E-state index contributed by atoms with van der Waals surface area (Å²) in [6, 6.07) is 5.50. The van der Waals surface area contributed by atoms with E-state index in [4.69, 9.17) is 5.73 Å². The Morgan fingerprint density at radius 2 is 2.12 bits per heavy atom. The van der Waals surface area contributed by atoms with Gasteiger partial charge in [0.25, 0.3) is 5.69 Å². The topological polar surface area (TPSA) is 127 Å². The number of rotatable bonds is 5. The maximum atomic E-state index is 11.8. The van der Waals surface area contributed by atoms with Crippen molar-refractivity contribution >= 4 is 29.3 Å². The molecule has 130 valence electrons. The van der Waals surface area contributed by atoms with Gasteiger partial charge in [-0.1, -0.05) is 24.3 Å². The van der Waals surface area contributed by atoms with Crippen LogP contribution in [0.1, 0.15) is 5.56 Å². The molecule has 25 heavy (non-hydrogen) atoms. The number of nitrogens with zero attached hydrogens (tertiary/aromatic N) is 2. The van der Waals surface area contributed by atoms with Crippen molar-refractivity contribution in [1.29, 1.82) is 0 Å². The van der Waals surface area contributed by atoms with Crippen molar-refractivity contribution < 1.29 is 19.6 Å². The van der Waals surface area contributed by atoms with Crippen LogP contribution in [0.2, 0.25) is 0 Å². The van der Waals surface area contributed by atoms with Crippen molar-refractivity contribution in [1.82, 2.24) is 4.90 Å². The number of hydrogen-bond donors (Lipinski definition) is 2. The summed E-state index contributed by atoms with van der Waals surface area (Å²) in [4.78, 5) is 34.8. The lowest BCUT2D eigenvalue weighted by atomic mass is 10.0. The van der Waals surface area contributed by atoms with Crippen molar-refractivity contribution in [2.75, 3.05) is 5.75 Å². The minimum Gasteiger partial charge on any atom is -0.477 e. The molecule has 3 rings (SSSR count). The van der Waals surface area contributed by atoms with Gasteiger partial charge in [-0.15, -0.1) is 11.8 Å². The van der Waals surface area contributed by atoms with Gasteiger partial charge in [0.05, 0.1) is 4.92 Å². The molecule has 1 amide bonds. The second kappa shape index (κ2) is 6.69. The first kappa shape index (κ1) is 17.2. The second-order valence-corrected chi connectivity index (χ2v) is 6.75. The molecule has 2 heterocycles. The third-order valence-electron chi connectivity index (χ3n) is 4.06. The average molecular weight is 361 g/mol. The number of carbonyl (C=O) groups is 2. The van der Waals surface area contributed by atoms with Crippen LogP contribution >= 0.6 is 11.8 Å². The Balaban J connectivity index is 1.76. The molecular weight excluding hydrogens is 346 g/mol. The largest absolute Gasteiger partial charge is 0.477 e. The average Bonchev–Trinajstić information content (AvgIpc) is 2.60. The maximum Gasteiger partial charge on any atom is 0.352 e. The van der Waals surface area contributed by atoms with Crippen LogP contribution in [0.4, 0.5) is 5.69 Å². The highest BCUT2D eigenvalue weighted by atomic mass is 32.2. The summed E-state index contributed by atoms with van der Waals surface area (Å²) in [5.41, 5.74) is 7.12. The first-order valence-electron chi connectivity index (χ1n) is 7.46. The molecule has 8 nitrogen and oxygen atoms in total. The number of carbonyl (C=O) groups excluding carboxylic acids is 1. The predicted octanol–water partition coefficient (Wildman–Crippen LogP) is 1.27. The number of amides is 1. The SMILES string of the molecule is NC1C(=O)N2C(C(=O)O)=C(C=CCc3ccc([N+](=O)[O-])cc3)CS[C@@H]12. The van der Waals surface area contributed by atoms with E-state index in [1.165, 1.54) is 28.8 Å². The number of nitro groups is 1. The van der Waals surface area contributed by atoms with E-state index in [0.717, 1.165) is 5.56 Å². The number of hydrogen-bond acceptors (Lipinski definition) is 6. The Bertz CT molecular complexity index is 802. The molecule has 2 aliphatic rings. The first-order chi connectivity index (χ1) is 11.9. The van der Waals surface area contributed by atoms with E-state index in [1.54, 1.807) is 24.3 Å². The number of fused-ring (bicyclic) bond motifs is 1. The molecule has 0 saturated carbocycles. The fourth-order valence-electron chi connectivity index (χ4n) is 2.76. The van der Waals surface area contributed by atoms with Crippen molar-refractivity contribution in [3.05, 3.63) is 63.4 Å². The number of nitrogens with two attached hydrogens (primary N) is 1. The van der Waals surface area contributed by atoms with Crippen LogP contribution in [-0.4, -0.2) is 44.0 Å². The normalized spacial score (nSPS) is 22.8. The number of non-ortho nitro benzene ring substituents is 1. The van der Waals surface area contributed by atoms with E-state index >= 15 is 0 Å². The summed E-state index contributed by atoms with van der Waals surface area (Å²) >= 11 is 1.44. The monoisotopic (exact) mass is 361 g/mol. The third kappa shape index (κ3) is 3.15. The van der Waals surface area contributed by atoms with Crippen molar-refractivity contribution in [3.8, 4) is 0 Å². The highest BCUT2D eigenvalue weighted by Gasteiger charge is 2.51. The molecule has 3 N–H and O–H groups in total. The summed E-state index contributed by atoms with van der Waals surface area (Å²) in [5, 5.41) is 19.8. The third-order valence-corrected chi connectivity index (χ3v) is 5.38. The maximum absolute atomic E-state index is 11.8. The molecule has 1 saturated heterocycles. The first-order valence-corrected chi connectivity index (χ1v) is 8.51. The van der Waals surface area contributed by atoms with Gasteiger partial charge in [-0.05, 0) is 17.6 Å². The Kier molecular flexibility index (Phi) is 4.60. The van der Waals surface area contributed by atoms with Gasteiger partial charge < -0.3 is 10.8 Å². The van der Waals surface area contributed by atoms with E-state index in [-0.39, 0.29) is 22.7 Å². The van der Waals surface area contributed by atoms with Crippen LogP contribution in [-0.2, 0) is 16.0 Å². The Labute approximate surface area is 147 Å². The number of aliphatic carboxylic acids is 1. The fourth-order valence-corrected chi connectivity index (χ4v) is 4.02. The smallest absolute Gasteiger partial charge is 0.352 e. The molecular formula is C16H15N3O5S. The van der Waals surface area contributed by atoms with E-state index in [2.05, 4.69) is 0 Å². The predicted molar refractivity (Wildman–Crippen MR) is 91.7 cm³/mol. The van der Waals surface area contributed by atoms with Gasteiger partial charge in [-0.25, -0.2) is 4.79 Å². The minimum absolute atomic E-state index is 0.0181. The molecule has 0 aromatic heterocycles. The van der Waals surface area contributed by atoms with Gasteiger partial charge in [0, 0.05) is 17.9 Å². The van der Waals surface area contributed by atoms with Gasteiger partial charge in [-0.3, -0.25) is 19.8 Å². The van der Waals surface area contributed by atoms with Crippen molar-refractivity contribution in [3.63, 3.8) is 0 Å². The van der Waals surface area contributed by atoms with Gasteiger partial charge >= 0.3 is 5.97 Å². The minimum atomic E-state index is -1.15. The molecule has 0 bridgehead atoms. The lowest BCUT2D eigenvalue weighted by Crippen LogP contribution is -2.68. The molecule has 1 aromatic rings. The van der Waals surface area contributed by atoms with Gasteiger partial charge in [0.1, 0.15) is 17.1 Å². The zero-order valence-electron chi connectivity index (χ0n) is 13.0. The highest BCUT2D eigenvalue weighted by Crippen LogP contribution is 2.39. The molecule has 0 spiro atoms. The summed E-state index contributed by atoms with van der Waals surface area (Å²) in [5.74, 6) is -1.07. The van der Waals surface area contributed by atoms with Crippen LogP contribution in [0.15, 0.2) is 47.7 Å². The number of thioether (sulfide) groups is 1. The summed E-state index contributed by atoms with van der Waals surface area (Å²) in [6.07, 6.45) is 3.96. The standard InChI is InChI=1S/C16H15N3O5S/c17-12-14(20)18-13(16(21)22)10(8-25-15(12)18)3-1-2-9-4-6-11(7-5-9)19(23)24/h1,3-7,12,15H,2,8,17H2,(H,21,22)/t12?,15-/m0/s1. The molecule has 2 atom stereocenters. The fraction of sp³-hybridized carbons (Fsp3) is 0.250. The van der Waals surface area contributed by atoms with Gasteiger partial charge in [-0.2, -0.15) is 0 Å². The summed E-state index contributed by atoms with van der Waals surface area (Å²) < 4.78 is 0. The number of carboxylic acids is 1. The molecule has 1 aromatic carbocycles. The quantitative estimate of drug-likeness (QED) is 0.459. The second-order valence-electron chi connectivity index (χ2n) is 5.64. The molecule has 2 aliphatic heterocycles. The highest BCUT2D eigenvalue weighted by molar-refractivity contribution is 8.00. The van der Waals surface area contributed by atoms with E-state index in [9.17, 15) is 24.8 Å². The van der Waals surface area contributed by atoms with Crippen LogP contribution < -0.4 is 5.73 Å². The summed E-state index contributed by atoms with van der Waals surface area (Å²) in [7, 11) is 0. The molecule has 9 heteroatoms. The van der Waals surface area contributed by atoms with Gasteiger partial charge in [0.2, 0.25) is 5.91 Å². The summed E-state index contributed by atoms with van der Waals surface area (Å²) in [6.45, 7) is 0. The lowest BCUT2D eigenvalue weighted by Gasteiger charge is -2.47. The number of allylic oxidation sites excluding steroid dienone is 2. The molecule has 0 radical (unpaired) electrons. The van der Waals surface area contributed by atoms with Crippen LogP contribution in [0.25, 0.3) is 0 Å². The Morgan fingerprint density at radius 1 is 1.44 bits per heavy atom. The van der Waals surface area contributed by atoms with Crippen molar-refractivity contribution in [2.45, 2.75) is 17.8 Å². The molecule has 1 fully saturated rings. The molecule has 1 unspecified atom stereocenters. The molecule has 0 aliphatic carbocycles. The number of β-lactam (4-membered cyclic amide) rings is 1. The van der Waals surface area contributed by atoms with E-state index in [0.29, 0.717) is 17.7 Å². The van der Waals surface area contributed by atoms with Crippen LogP contribution in [0, 0.1) is 10.1 Å². The van der Waals surface area contributed by atoms with Gasteiger partial charge in [0.15, 0.2) is 0 Å². The zero-order chi connectivity index (χ0) is 18.1. The number of carboxylic acid groups (broad SMARTS) is 1. The lowest BCUT2D eigenvalue weighted by molar-refractivity contribution is -0.384. The van der Waals surface area contributed by atoms with E-state index < -0.39 is 16.9 Å². The number of benzene rings is 1. The van der Waals surface area contributed by atoms with E-state index in [1.807, 2.05) is 0 Å².